The van der Waals surface area contributed by atoms with Crippen molar-refractivity contribution in [2.75, 3.05) is 20.8 Å². The second-order valence-electron chi connectivity index (χ2n) is 6.12. The van der Waals surface area contributed by atoms with Gasteiger partial charge in [0.15, 0.2) is 0 Å². The van der Waals surface area contributed by atoms with Gasteiger partial charge in [-0.05, 0) is 62.1 Å². The summed E-state index contributed by atoms with van der Waals surface area (Å²) in [6.45, 7) is 7.06. The standard InChI is InChI=1S/C20H27NO2/c1-13-8-14(2)19(15(3)9-13)10-16(12-21)18-7-6-17(22-4)11-20(18)23-5/h6-9,11,16H,10,12,21H2,1-5H3. The van der Waals surface area contributed by atoms with Crippen LogP contribution < -0.4 is 15.2 Å². The van der Waals surface area contributed by atoms with Crippen LogP contribution in [0.4, 0.5) is 0 Å². The molecule has 0 bridgehead atoms. The molecule has 0 fully saturated rings. The zero-order chi connectivity index (χ0) is 17.0. The fourth-order valence-corrected chi connectivity index (χ4v) is 3.25. The number of methoxy groups -OCH3 is 2. The van der Waals surface area contributed by atoms with E-state index < -0.39 is 0 Å². The maximum absolute atomic E-state index is 6.09. The second kappa shape index (κ2) is 7.51. The summed E-state index contributed by atoms with van der Waals surface area (Å²) in [6.07, 6.45) is 0.914. The van der Waals surface area contributed by atoms with Crippen molar-refractivity contribution < 1.29 is 9.47 Å². The molecule has 0 radical (unpaired) electrons. The number of rotatable bonds is 6. The lowest BCUT2D eigenvalue weighted by Gasteiger charge is -2.21. The molecule has 0 amide bonds. The number of ether oxygens (including phenoxy) is 2. The summed E-state index contributed by atoms with van der Waals surface area (Å²) < 4.78 is 10.8. The molecule has 1 unspecified atom stereocenters. The fraction of sp³-hybridized carbons (Fsp3) is 0.400. The first-order chi connectivity index (χ1) is 11.0. The third-order valence-electron chi connectivity index (χ3n) is 4.46. The zero-order valence-electron chi connectivity index (χ0n) is 14.8. The summed E-state index contributed by atoms with van der Waals surface area (Å²) in [5.74, 6) is 1.85. The summed E-state index contributed by atoms with van der Waals surface area (Å²) in [5.41, 5.74) is 12.6. The van der Waals surface area contributed by atoms with Crippen molar-refractivity contribution in [2.24, 2.45) is 5.73 Å². The summed E-state index contributed by atoms with van der Waals surface area (Å²) >= 11 is 0. The van der Waals surface area contributed by atoms with E-state index in [1.54, 1.807) is 14.2 Å². The zero-order valence-corrected chi connectivity index (χ0v) is 14.8. The van der Waals surface area contributed by atoms with E-state index in [9.17, 15) is 0 Å². The molecule has 0 saturated carbocycles. The van der Waals surface area contributed by atoms with Crippen LogP contribution in [0.1, 0.15) is 33.7 Å². The molecule has 0 heterocycles. The number of hydrogen-bond acceptors (Lipinski definition) is 3. The monoisotopic (exact) mass is 313 g/mol. The van der Waals surface area contributed by atoms with E-state index in [2.05, 4.69) is 39.0 Å². The van der Waals surface area contributed by atoms with E-state index in [1.807, 2.05) is 12.1 Å². The smallest absolute Gasteiger partial charge is 0.126 e. The van der Waals surface area contributed by atoms with Crippen molar-refractivity contribution in [1.82, 2.24) is 0 Å². The Labute approximate surface area is 139 Å². The van der Waals surface area contributed by atoms with Crippen LogP contribution in [0.5, 0.6) is 11.5 Å². The highest BCUT2D eigenvalue weighted by molar-refractivity contribution is 5.45. The molecule has 0 aliphatic heterocycles. The SMILES string of the molecule is COc1ccc(C(CN)Cc2c(C)cc(C)cc2C)c(OC)c1. The normalized spacial score (nSPS) is 12.1. The van der Waals surface area contributed by atoms with Crippen LogP contribution in [0.15, 0.2) is 30.3 Å². The third kappa shape index (κ3) is 3.85. The van der Waals surface area contributed by atoms with Gasteiger partial charge in [-0.3, -0.25) is 0 Å². The summed E-state index contributed by atoms with van der Waals surface area (Å²) in [6, 6.07) is 10.4. The minimum absolute atomic E-state index is 0.218. The minimum atomic E-state index is 0.218. The molecule has 3 heteroatoms. The Bertz CT molecular complexity index is 656. The number of aryl methyl sites for hydroxylation is 3. The molecule has 0 spiro atoms. The minimum Gasteiger partial charge on any atom is -0.497 e. The topological polar surface area (TPSA) is 44.5 Å². The first-order valence-corrected chi connectivity index (χ1v) is 7.98. The Hall–Kier alpha value is -2.00. The lowest BCUT2D eigenvalue weighted by Crippen LogP contribution is -2.17. The Morgan fingerprint density at radius 3 is 2.13 bits per heavy atom. The molecule has 2 aromatic rings. The third-order valence-corrected chi connectivity index (χ3v) is 4.46. The number of hydrogen-bond donors (Lipinski definition) is 1. The summed E-state index contributed by atoms with van der Waals surface area (Å²) in [5, 5.41) is 0. The largest absolute Gasteiger partial charge is 0.497 e. The molecule has 3 nitrogen and oxygen atoms in total. The van der Waals surface area contributed by atoms with E-state index in [4.69, 9.17) is 15.2 Å². The predicted octanol–water partition coefficient (Wildman–Crippen LogP) is 3.91. The molecule has 0 saturated heterocycles. The first-order valence-electron chi connectivity index (χ1n) is 7.98. The molecular weight excluding hydrogens is 286 g/mol. The van der Waals surface area contributed by atoms with Crippen molar-refractivity contribution in [1.29, 1.82) is 0 Å². The fourth-order valence-electron chi connectivity index (χ4n) is 3.25. The average Bonchev–Trinajstić information content (AvgIpc) is 2.54. The average molecular weight is 313 g/mol. The van der Waals surface area contributed by atoms with Gasteiger partial charge in [0, 0.05) is 12.0 Å². The maximum atomic E-state index is 6.09. The van der Waals surface area contributed by atoms with Crippen molar-refractivity contribution in [2.45, 2.75) is 33.1 Å². The molecule has 2 aromatic carbocycles. The van der Waals surface area contributed by atoms with Crippen molar-refractivity contribution in [3.05, 3.63) is 58.1 Å². The lowest BCUT2D eigenvalue weighted by atomic mass is 9.87. The van der Waals surface area contributed by atoms with Crippen LogP contribution in [0.25, 0.3) is 0 Å². The van der Waals surface area contributed by atoms with E-state index in [1.165, 1.54) is 22.3 Å². The van der Waals surface area contributed by atoms with Gasteiger partial charge in [0.1, 0.15) is 11.5 Å². The highest BCUT2D eigenvalue weighted by Gasteiger charge is 2.18. The van der Waals surface area contributed by atoms with Gasteiger partial charge in [0.25, 0.3) is 0 Å². The highest BCUT2D eigenvalue weighted by atomic mass is 16.5. The van der Waals surface area contributed by atoms with Gasteiger partial charge >= 0.3 is 0 Å². The van der Waals surface area contributed by atoms with E-state index >= 15 is 0 Å². The molecular formula is C20H27NO2. The predicted molar refractivity (Wildman–Crippen MR) is 95.7 cm³/mol. The Kier molecular flexibility index (Phi) is 5.67. The first kappa shape index (κ1) is 17.4. The molecule has 0 aliphatic carbocycles. The molecule has 2 rings (SSSR count). The highest BCUT2D eigenvalue weighted by Crippen LogP contribution is 2.33. The Balaban J connectivity index is 2.38. The van der Waals surface area contributed by atoms with Gasteiger partial charge < -0.3 is 15.2 Å². The maximum Gasteiger partial charge on any atom is 0.126 e. The molecule has 1 atom stereocenters. The van der Waals surface area contributed by atoms with Gasteiger partial charge in [-0.15, -0.1) is 0 Å². The second-order valence-corrected chi connectivity index (χ2v) is 6.12. The van der Waals surface area contributed by atoms with Gasteiger partial charge in [0.2, 0.25) is 0 Å². The van der Waals surface area contributed by atoms with Crippen LogP contribution in [-0.4, -0.2) is 20.8 Å². The molecule has 0 aromatic heterocycles. The summed E-state index contributed by atoms with van der Waals surface area (Å²) in [7, 11) is 3.35. The van der Waals surface area contributed by atoms with Crippen LogP contribution in [0.2, 0.25) is 0 Å². The van der Waals surface area contributed by atoms with E-state index in [-0.39, 0.29) is 5.92 Å². The van der Waals surface area contributed by atoms with Crippen LogP contribution >= 0.6 is 0 Å². The van der Waals surface area contributed by atoms with Crippen molar-refractivity contribution in [3.63, 3.8) is 0 Å². The van der Waals surface area contributed by atoms with Crippen molar-refractivity contribution in [3.8, 4) is 11.5 Å². The lowest BCUT2D eigenvalue weighted by molar-refractivity contribution is 0.388. The van der Waals surface area contributed by atoms with E-state index in [0.29, 0.717) is 6.54 Å². The van der Waals surface area contributed by atoms with Crippen LogP contribution in [0.3, 0.4) is 0 Å². The van der Waals surface area contributed by atoms with E-state index in [0.717, 1.165) is 23.5 Å². The van der Waals surface area contributed by atoms with Gasteiger partial charge in [-0.2, -0.15) is 0 Å². The van der Waals surface area contributed by atoms with Crippen molar-refractivity contribution >= 4 is 0 Å². The number of nitrogens with two attached hydrogens (primary N) is 1. The quantitative estimate of drug-likeness (QED) is 0.879. The van der Waals surface area contributed by atoms with Gasteiger partial charge in [-0.25, -0.2) is 0 Å². The Morgan fingerprint density at radius 1 is 0.957 bits per heavy atom. The molecule has 23 heavy (non-hydrogen) atoms. The Morgan fingerprint density at radius 2 is 1.61 bits per heavy atom. The molecule has 124 valence electrons. The van der Waals surface area contributed by atoms with Gasteiger partial charge in [-0.1, -0.05) is 23.8 Å². The molecule has 0 aliphatic rings. The summed E-state index contributed by atoms with van der Waals surface area (Å²) in [4.78, 5) is 0. The van der Waals surface area contributed by atoms with Crippen LogP contribution in [-0.2, 0) is 6.42 Å². The van der Waals surface area contributed by atoms with Gasteiger partial charge in [0.05, 0.1) is 14.2 Å². The van der Waals surface area contributed by atoms with Crippen LogP contribution in [0, 0.1) is 20.8 Å². The molecule has 2 N–H and O–H groups in total. The number of benzene rings is 2.